The fourth-order valence-electron chi connectivity index (χ4n) is 4.22. The molecule has 0 bridgehead atoms. The van der Waals surface area contributed by atoms with Crippen LogP contribution in [0, 0.1) is 0 Å². The SMILES string of the molecule is CCCCCCCCCCCCCCC(C(=O)c1ccc(N)cc1)c1ccc(N)cc1. The van der Waals surface area contributed by atoms with Gasteiger partial charge in [0.05, 0.1) is 0 Å². The average molecular weight is 423 g/mol. The first kappa shape index (κ1) is 25.0. The predicted molar refractivity (Wildman–Crippen MR) is 134 cm³/mol. The molecule has 0 aliphatic heterocycles. The summed E-state index contributed by atoms with van der Waals surface area (Å²) in [5.74, 6) is 0.0557. The zero-order chi connectivity index (χ0) is 22.3. The summed E-state index contributed by atoms with van der Waals surface area (Å²) >= 11 is 0. The summed E-state index contributed by atoms with van der Waals surface area (Å²) in [6.07, 6.45) is 16.7. The number of hydrogen-bond donors (Lipinski definition) is 2. The summed E-state index contributed by atoms with van der Waals surface area (Å²) < 4.78 is 0. The van der Waals surface area contributed by atoms with Crippen LogP contribution in [0.15, 0.2) is 48.5 Å². The molecule has 0 amide bonds. The fraction of sp³-hybridized carbons (Fsp3) is 0.536. The lowest BCUT2D eigenvalue weighted by Gasteiger charge is -2.17. The number of carbonyl (C=O) groups excluding carboxylic acids is 1. The highest BCUT2D eigenvalue weighted by Gasteiger charge is 2.21. The molecular weight excluding hydrogens is 380 g/mol. The van der Waals surface area contributed by atoms with Crippen LogP contribution in [0.4, 0.5) is 11.4 Å². The molecule has 0 aromatic heterocycles. The van der Waals surface area contributed by atoms with Crippen molar-refractivity contribution in [3.8, 4) is 0 Å². The highest BCUT2D eigenvalue weighted by atomic mass is 16.1. The second-order valence-electron chi connectivity index (χ2n) is 8.88. The van der Waals surface area contributed by atoms with Crippen LogP contribution < -0.4 is 11.5 Å². The number of Topliss-reactive ketones (excluding diaryl/α,β-unsaturated/α-hetero) is 1. The van der Waals surface area contributed by atoms with E-state index in [2.05, 4.69) is 6.92 Å². The van der Waals surface area contributed by atoms with Crippen molar-refractivity contribution in [3.63, 3.8) is 0 Å². The van der Waals surface area contributed by atoms with Gasteiger partial charge in [0.2, 0.25) is 0 Å². The number of nitrogen functional groups attached to an aromatic ring is 2. The van der Waals surface area contributed by atoms with Crippen molar-refractivity contribution in [3.05, 3.63) is 59.7 Å². The Morgan fingerprint density at radius 3 is 1.55 bits per heavy atom. The molecule has 0 saturated heterocycles. The van der Waals surface area contributed by atoms with E-state index in [0.717, 1.165) is 29.7 Å². The van der Waals surface area contributed by atoms with Gasteiger partial charge in [-0.1, -0.05) is 96.1 Å². The molecule has 31 heavy (non-hydrogen) atoms. The van der Waals surface area contributed by atoms with E-state index in [0.29, 0.717) is 5.69 Å². The summed E-state index contributed by atoms with van der Waals surface area (Å²) in [6.45, 7) is 2.27. The van der Waals surface area contributed by atoms with Crippen LogP contribution in [0.3, 0.4) is 0 Å². The average Bonchev–Trinajstić information content (AvgIpc) is 2.78. The van der Waals surface area contributed by atoms with Gasteiger partial charge in [0, 0.05) is 22.9 Å². The van der Waals surface area contributed by atoms with E-state index in [1.165, 1.54) is 70.6 Å². The smallest absolute Gasteiger partial charge is 0.170 e. The number of anilines is 2. The van der Waals surface area contributed by atoms with E-state index in [1.807, 2.05) is 36.4 Å². The Morgan fingerprint density at radius 2 is 1.06 bits per heavy atom. The molecule has 2 aromatic carbocycles. The third-order valence-corrected chi connectivity index (χ3v) is 6.20. The Hall–Kier alpha value is -2.29. The molecule has 4 N–H and O–H groups in total. The number of carbonyl (C=O) groups is 1. The Bertz CT molecular complexity index is 737. The Labute approximate surface area is 189 Å². The van der Waals surface area contributed by atoms with Crippen LogP contribution in [0.5, 0.6) is 0 Å². The van der Waals surface area contributed by atoms with Crippen molar-refractivity contribution in [1.29, 1.82) is 0 Å². The Balaban J connectivity index is 1.74. The van der Waals surface area contributed by atoms with Gasteiger partial charge in [0.15, 0.2) is 5.78 Å². The zero-order valence-electron chi connectivity index (χ0n) is 19.5. The highest BCUT2D eigenvalue weighted by molar-refractivity contribution is 6.01. The fourth-order valence-corrected chi connectivity index (χ4v) is 4.22. The maximum absolute atomic E-state index is 13.2. The van der Waals surface area contributed by atoms with E-state index in [4.69, 9.17) is 11.5 Å². The zero-order valence-corrected chi connectivity index (χ0v) is 19.5. The normalized spacial score (nSPS) is 12.0. The van der Waals surface area contributed by atoms with Gasteiger partial charge in [0.1, 0.15) is 0 Å². The van der Waals surface area contributed by atoms with Crippen LogP contribution in [0.25, 0.3) is 0 Å². The van der Waals surface area contributed by atoms with Crippen molar-refractivity contribution in [2.45, 2.75) is 96.3 Å². The second kappa shape index (κ2) is 14.7. The maximum Gasteiger partial charge on any atom is 0.170 e. The molecule has 1 unspecified atom stereocenters. The molecule has 0 aliphatic rings. The number of unbranched alkanes of at least 4 members (excludes halogenated alkanes) is 11. The molecule has 0 aliphatic carbocycles. The van der Waals surface area contributed by atoms with Gasteiger partial charge in [-0.3, -0.25) is 4.79 Å². The van der Waals surface area contributed by atoms with Crippen molar-refractivity contribution < 1.29 is 4.79 Å². The number of rotatable bonds is 16. The van der Waals surface area contributed by atoms with Gasteiger partial charge in [-0.25, -0.2) is 0 Å². The third kappa shape index (κ3) is 9.59. The number of hydrogen-bond acceptors (Lipinski definition) is 3. The van der Waals surface area contributed by atoms with Gasteiger partial charge in [0.25, 0.3) is 0 Å². The summed E-state index contributed by atoms with van der Waals surface area (Å²) in [7, 11) is 0. The number of nitrogens with two attached hydrogens (primary N) is 2. The van der Waals surface area contributed by atoms with Crippen molar-refractivity contribution >= 4 is 17.2 Å². The van der Waals surface area contributed by atoms with Crippen LogP contribution >= 0.6 is 0 Å². The molecule has 2 rings (SSSR count). The Morgan fingerprint density at radius 1 is 0.645 bits per heavy atom. The second-order valence-corrected chi connectivity index (χ2v) is 8.88. The van der Waals surface area contributed by atoms with Crippen LogP contribution in [-0.4, -0.2) is 5.78 Å². The van der Waals surface area contributed by atoms with Crippen molar-refractivity contribution in [1.82, 2.24) is 0 Å². The van der Waals surface area contributed by atoms with Gasteiger partial charge < -0.3 is 11.5 Å². The van der Waals surface area contributed by atoms with Crippen molar-refractivity contribution in [2.75, 3.05) is 11.5 Å². The minimum atomic E-state index is -0.118. The summed E-state index contributed by atoms with van der Waals surface area (Å²) in [6, 6.07) is 15.1. The lowest BCUT2D eigenvalue weighted by molar-refractivity contribution is 0.0953. The maximum atomic E-state index is 13.2. The topological polar surface area (TPSA) is 69.1 Å². The van der Waals surface area contributed by atoms with E-state index >= 15 is 0 Å². The highest BCUT2D eigenvalue weighted by Crippen LogP contribution is 2.28. The van der Waals surface area contributed by atoms with Crippen molar-refractivity contribution in [2.24, 2.45) is 0 Å². The third-order valence-electron chi connectivity index (χ3n) is 6.20. The molecule has 3 nitrogen and oxygen atoms in total. The monoisotopic (exact) mass is 422 g/mol. The number of ketones is 1. The van der Waals surface area contributed by atoms with Gasteiger partial charge in [-0.2, -0.15) is 0 Å². The Kier molecular flexibility index (Phi) is 11.8. The van der Waals surface area contributed by atoms with Gasteiger partial charge >= 0.3 is 0 Å². The summed E-state index contributed by atoms with van der Waals surface area (Å²) in [5.41, 5.74) is 14.8. The molecule has 170 valence electrons. The quantitative estimate of drug-likeness (QED) is 0.164. The molecular formula is C28H42N2O. The lowest BCUT2D eigenvalue weighted by atomic mass is 9.86. The van der Waals surface area contributed by atoms with E-state index < -0.39 is 0 Å². The molecule has 1 atom stereocenters. The molecule has 0 heterocycles. The molecule has 0 saturated carbocycles. The predicted octanol–water partition coefficient (Wildman–Crippen LogP) is 7.91. The van der Waals surface area contributed by atoms with Gasteiger partial charge in [-0.05, 0) is 48.4 Å². The first-order chi connectivity index (χ1) is 15.1. The molecule has 0 fully saturated rings. The molecule has 3 heteroatoms. The molecule has 0 radical (unpaired) electrons. The van der Waals surface area contributed by atoms with Crippen LogP contribution in [-0.2, 0) is 0 Å². The van der Waals surface area contributed by atoms with E-state index in [-0.39, 0.29) is 11.7 Å². The summed E-state index contributed by atoms with van der Waals surface area (Å²) in [5, 5.41) is 0. The van der Waals surface area contributed by atoms with Gasteiger partial charge in [-0.15, -0.1) is 0 Å². The first-order valence-electron chi connectivity index (χ1n) is 12.4. The molecule has 2 aromatic rings. The van der Waals surface area contributed by atoms with Crippen LogP contribution in [0.1, 0.15) is 112 Å². The standard InChI is InChI=1S/C28H42N2O/c1-2-3-4-5-6-7-8-9-10-11-12-13-14-27(23-15-19-25(29)20-16-23)28(31)24-17-21-26(30)22-18-24/h15-22,27H,2-14,29-30H2,1H3. The van der Waals surface area contributed by atoms with E-state index in [9.17, 15) is 4.79 Å². The first-order valence-corrected chi connectivity index (χ1v) is 12.4. The minimum Gasteiger partial charge on any atom is -0.399 e. The largest absolute Gasteiger partial charge is 0.399 e. The summed E-state index contributed by atoms with van der Waals surface area (Å²) in [4.78, 5) is 13.2. The lowest BCUT2D eigenvalue weighted by Crippen LogP contribution is -2.13. The number of benzene rings is 2. The van der Waals surface area contributed by atoms with E-state index in [1.54, 1.807) is 12.1 Å². The minimum absolute atomic E-state index is 0.118. The molecule has 0 spiro atoms. The van der Waals surface area contributed by atoms with Crippen LogP contribution in [0.2, 0.25) is 0 Å².